The molecule has 4 rings (SSSR count). The van der Waals surface area contributed by atoms with Crippen molar-refractivity contribution in [3.8, 4) is 11.3 Å². The molecule has 0 bridgehead atoms. The number of anilines is 1. The lowest BCUT2D eigenvalue weighted by molar-refractivity contribution is -0.117. The SMILES string of the molecule is O=C1NN(c2cccc(Br)c2)C(=O)/C1=C\c1ccc(-c2ccccc2F)o1. The predicted octanol–water partition coefficient (Wildman–Crippen LogP) is 4.31. The van der Waals surface area contributed by atoms with E-state index in [1.807, 2.05) is 6.07 Å². The van der Waals surface area contributed by atoms with E-state index in [2.05, 4.69) is 21.4 Å². The average molecular weight is 427 g/mol. The van der Waals surface area contributed by atoms with Crippen LogP contribution in [0.15, 0.2) is 75.1 Å². The highest BCUT2D eigenvalue weighted by Gasteiger charge is 2.34. The number of benzene rings is 2. The van der Waals surface area contributed by atoms with Gasteiger partial charge in [0.25, 0.3) is 11.8 Å². The summed E-state index contributed by atoms with van der Waals surface area (Å²) < 4.78 is 20.3. The minimum atomic E-state index is -0.538. The molecule has 134 valence electrons. The topological polar surface area (TPSA) is 62.6 Å². The number of nitrogens with zero attached hydrogens (tertiary/aromatic N) is 1. The Morgan fingerprint density at radius 3 is 2.63 bits per heavy atom. The van der Waals surface area contributed by atoms with Crippen molar-refractivity contribution in [2.45, 2.75) is 0 Å². The van der Waals surface area contributed by atoms with Crippen LogP contribution >= 0.6 is 15.9 Å². The number of amides is 2. The zero-order valence-corrected chi connectivity index (χ0v) is 15.4. The molecular formula is C20H12BrFN2O3. The van der Waals surface area contributed by atoms with Gasteiger partial charge in [-0.1, -0.05) is 34.1 Å². The van der Waals surface area contributed by atoms with E-state index in [1.54, 1.807) is 48.5 Å². The van der Waals surface area contributed by atoms with Crippen LogP contribution in [0.1, 0.15) is 5.76 Å². The van der Waals surface area contributed by atoms with E-state index < -0.39 is 17.6 Å². The molecule has 5 nitrogen and oxygen atoms in total. The Bertz CT molecular complexity index is 1090. The van der Waals surface area contributed by atoms with Crippen molar-refractivity contribution < 1.29 is 18.4 Å². The number of furan rings is 1. The molecule has 7 heteroatoms. The van der Waals surface area contributed by atoms with Gasteiger partial charge in [0.05, 0.1) is 11.3 Å². The lowest BCUT2D eigenvalue weighted by Crippen LogP contribution is -2.35. The summed E-state index contributed by atoms with van der Waals surface area (Å²) in [7, 11) is 0. The Labute approximate surface area is 162 Å². The van der Waals surface area contributed by atoms with Crippen molar-refractivity contribution in [3.05, 3.63) is 82.3 Å². The zero-order valence-electron chi connectivity index (χ0n) is 13.8. The van der Waals surface area contributed by atoms with Crippen molar-refractivity contribution in [2.75, 3.05) is 5.01 Å². The first-order valence-corrected chi connectivity index (χ1v) is 8.80. The molecule has 1 N–H and O–H groups in total. The summed E-state index contributed by atoms with van der Waals surface area (Å²) in [5.41, 5.74) is 3.29. The number of halogens is 2. The molecule has 2 heterocycles. The second kappa shape index (κ2) is 6.85. The molecule has 1 fully saturated rings. The first-order valence-electron chi connectivity index (χ1n) is 8.00. The van der Waals surface area contributed by atoms with Crippen LogP contribution in [0.3, 0.4) is 0 Å². The van der Waals surface area contributed by atoms with Gasteiger partial charge in [0.1, 0.15) is 22.9 Å². The summed E-state index contributed by atoms with van der Waals surface area (Å²) in [6, 6.07) is 16.4. The fourth-order valence-electron chi connectivity index (χ4n) is 2.73. The molecule has 0 unspecified atom stereocenters. The van der Waals surface area contributed by atoms with E-state index in [9.17, 15) is 14.0 Å². The quantitative estimate of drug-likeness (QED) is 0.501. The highest BCUT2D eigenvalue weighted by atomic mass is 79.9. The van der Waals surface area contributed by atoms with E-state index in [1.165, 1.54) is 17.2 Å². The maximum Gasteiger partial charge on any atom is 0.282 e. The van der Waals surface area contributed by atoms with Crippen molar-refractivity contribution in [1.82, 2.24) is 5.43 Å². The van der Waals surface area contributed by atoms with Gasteiger partial charge in [0, 0.05) is 4.47 Å². The third-order valence-corrected chi connectivity index (χ3v) is 4.50. The van der Waals surface area contributed by atoms with E-state index in [-0.39, 0.29) is 11.3 Å². The number of hydrogen-bond donors (Lipinski definition) is 1. The lowest BCUT2D eigenvalue weighted by atomic mass is 10.1. The smallest absolute Gasteiger partial charge is 0.282 e. The second-order valence-electron chi connectivity index (χ2n) is 5.80. The van der Waals surface area contributed by atoms with E-state index >= 15 is 0 Å². The van der Waals surface area contributed by atoms with Crippen LogP contribution in [0.25, 0.3) is 17.4 Å². The zero-order chi connectivity index (χ0) is 19.0. The largest absolute Gasteiger partial charge is 0.457 e. The van der Waals surface area contributed by atoms with Crippen molar-refractivity contribution >= 4 is 39.5 Å². The molecule has 2 amide bonds. The molecule has 2 aromatic carbocycles. The molecule has 0 aliphatic carbocycles. The standard InChI is InChI=1S/C20H12BrFN2O3/c21-12-4-3-5-13(10-12)24-20(26)16(19(25)23-24)11-14-8-9-18(27-14)15-6-1-2-7-17(15)22/h1-11H,(H,23,25)/b16-11-. The Balaban J connectivity index is 1.64. The van der Waals surface area contributed by atoms with Gasteiger partial charge in [0.2, 0.25) is 0 Å². The van der Waals surface area contributed by atoms with E-state index in [0.717, 1.165) is 4.47 Å². The Morgan fingerprint density at radius 2 is 1.85 bits per heavy atom. The number of rotatable bonds is 3. The fraction of sp³-hybridized carbons (Fsp3) is 0. The normalized spacial score (nSPS) is 15.5. The predicted molar refractivity (Wildman–Crippen MR) is 102 cm³/mol. The van der Waals surface area contributed by atoms with Crippen LogP contribution in [0, 0.1) is 5.82 Å². The van der Waals surface area contributed by atoms with Crippen LogP contribution in [0.2, 0.25) is 0 Å². The first-order chi connectivity index (χ1) is 13.0. The average Bonchev–Trinajstić information content (AvgIpc) is 3.22. The maximum absolute atomic E-state index is 13.9. The number of carbonyl (C=O) groups is 2. The highest BCUT2D eigenvalue weighted by molar-refractivity contribution is 9.10. The highest BCUT2D eigenvalue weighted by Crippen LogP contribution is 2.28. The van der Waals surface area contributed by atoms with Gasteiger partial charge in [-0.15, -0.1) is 0 Å². The third kappa shape index (κ3) is 3.29. The Morgan fingerprint density at radius 1 is 1.04 bits per heavy atom. The van der Waals surface area contributed by atoms with Crippen molar-refractivity contribution in [2.24, 2.45) is 0 Å². The summed E-state index contributed by atoms with van der Waals surface area (Å²) in [5.74, 6) is -0.857. The van der Waals surface area contributed by atoms with Gasteiger partial charge < -0.3 is 4.42 Å². The second-order valence-corrected chi connectivity index (χ2v) is 6.72. The molecule has 0 atom stereocenters. The maximum atomic E-state index is 13.9. The van der Waals surface area contributed by atoms with Crippen LogP contribution in [0.5, 0.6) is 0 Å². The fourth-order valence-corrected chi connectivity index (χ4v) is 3.12. The molecule has 27 heavy (non-hydrogen) atoms. The molecule has 1 aromatic heterocycles. The van der Waals surface area contributed by atoms with E-state index in [4.69, 9.17) is 4.42 Å². The van der Waals surface area contributed by atoms with Crippen LogP contribution in [-0.2, 0) is 9.59 Å². The van der Waals surface area contributed by atoms with Gasteiger partial charge in [-0.25, -0.2) is 9.40 Å². The molecule has 0 spiro atoms. The Kier molecular flexibility index (Phi) is 4.37. The first kappa shape index (κ1) is 17.2. The molecule has 3 aromatic rings. The third-order valence-electron chi connectivity index (χ3n) is 4.01. The minimum absolute atomic E-state index is 0.0654. The molecule has 1 aliphatic rings. The lowest BCUT2D eigenvalue weighted by Gasteiger charge is -2.14. The van der Waals surface area contributed by atoms with Gasteiger partial charge in [-0.3, -0.25) is 15.0 Å². The van der Waals surface area contributed by atoms with Gasteiger partial charge in [-0.2, -0.15) is 0 Å². The number of hydrazine groups is 1. The van der Waals surface area contributed by atoms with Crippen LogP contribution in [-0.4, -0.2) is 11.8 Å². The molecule has 0 saturated carbocycles. The van der Waals surface area contributed by atoms with Crippen molar-refractivity contribution in [3.63, 3.8) is 0 Å². The summed E-state index contributed by atoms with van der Waals surface area (Å²) in [6.45, 7) is 0. The van der Waals surface area contributed by atoms with E-state index in [0.29, 0.717) is 17.0 Å². The summed E-state index contributed by atoms with van der Waals surface area (Å²) in [4.78, 5) is 24.9. The summed E-state index contributed by atoms with van der Waals surface area (Å²) >= 11 is 3.33. The number of hydrogen-bond acceptors (Lipinski definition) is 3. The molecule has 1 saturated heterocycles. The minimum Gasteiger partial charge on any atom is -0.457 e. The molecule has 0 radical (unpaired) electrons. The summed E-state index contributed by atoms with van der Waals surface area (Å²) in [6.07, 6.45) is 1.35. The van der Waals surface area contributed by atoms with Gasteiger partial charge >= 0.3 is 0 Å². The molecular weight excluding hydrogens is 415 g/mol. The Hall–Kier alpha value is -3.19. The summed E-state index contributed by atoms with van der Waals surface area (Å²) in [5, 5.41) is 1.17. The van der Waals surface area contributed by atoms with Crippen LogP contribution < -0.4 is 10.4 Å². The van der Waals surface area contributed by atoms with Gasteiger partial charge in [-0.05, 0) is 48.5 Å². The molecule has 1 aliphatic heterocycles. The van der Waals surface area contributed by atoms with Crippen molar-refractivity contribution in [1.29, 1.82) is 0 Å². The number of nitrogens with one attached hydrogen (secondary N) is 1. The number of carbonyl (C=O) groups excluding carboxylic acids is 2. The van der Waals surface area contributed by atoms with Crippen LogP contribution in [0.4, 0.5) is 10.1 Å². The van der Waals surface area contributed by atoms with Gasteiger partial charge in [0.15, 0.2) is 0 Å². The monoisotopic (exact) mass is 426 g/mol.